The van der Waals surface area contributed by atoms with Crippen LogP contribution in [-0.2, 0) is 0 Å². The van der Waals surface area contributed by atoms with Gasteiger partial charge in [0.05, 0.1) is 5.02 Å². The lowest BCUT2D eigenvalue weighted by atomic mass is 10.2. The van der Waals surface area contributed by atoms with E-state index in [0.717, 1.165) is 5.56 Å². The lowest BCUT2D eigenvalue weighted by Crippen LogP contribution is -2.20. The lowest BCUT2D eigenvalue weighted by molar-refractivity contribution is 0.262. The Hall–Kier alpha value is -2.07. The van der Waals surface area contributed by atoms with E-state index in [2.05, 4.69) is 15.6 Å². The van der Waals surface area contributed by atoms with E-state index in [9.17, 15) is 4.79 Å². The van der Waals surface area contributed by atoms with Gasteiger partial charge in [0.25, 0.3) is 0 Å². The van der Waals surface area contributed by atoms with Crippen molar-refractivity contribution in [2.75, 3.05) is 10.6 Å². The summed E-state index contributed by atoms with van der Waals surface area (Å²) in [5.74, 6) is 0.337. The van der Waals surface area contributed by atoms with E-state index >= 15 is 0 Å². The van der Waals surface area contributed by atoms with E-state index in [1.54, 1.807) is 18.3 Å². The van der Waals surface area contributed by atoms with Crippen LogP contribution in [0, 0.1) is 6.92 Å². The molecule has 2 amide bonds. The Morgan fingerprint density at radius 3 is 2.56 bits per heavy atom. The number of rotatable bonds is 2. The summed E-state index contributed by atoms with van der Waals surface area (Å²) in [6.07, 6.45) is 1.56. The van der Waals surface area contributed by atoms with Gasteiger partial charge in [-0.05, 0) is 31.2 Å². The fourth-order valence-electron chi connectivity index (χ4n) is 1.38. The molecular formula is C13H12ClN3O. The number of amides is 2. The molecule has 0 fully saturated rings. The normalized spacial score (nSPS) is 9.89. The first-order valence-corrected chi connectivity index (χ1v) is 5.78. The van der Waals surface area contributed by atoms with Crippen LogP contribution >= 0.6 is 11.6 Å². The molecule has 0 aliphatic carbocycles. The van der Waals surface area contributed by atoms with Gasteiger partial charge in [0.2, 0.25) is 0 Å². The van der Waals surface area contributed by atoms with Crippen molar-refractivity contribution in [3.8, 4) is 0 Å². The second kappa shape index (κ2) is 5.51. The Bertz CT molecular complexity index is 554. The van der Waals surface area contributed by atoms with Crippen LogP contribution in [-0.4, -0.2) is 11.0 Å². The van der Waals surface area contributed by atoms with Gasteiger partial charge < -0.3 is 5.32 Å². The van der Waals surface area contributed by atoms with Crippen LogP contribution in [0.1, 0.15) is 5.56 Å². The van der Waals surface area contributed by atoms with Crippen molar-refractivity contribution in [2.45, 2.75) is 6.92 Å². The largest absolute Gasteiger partial charge is 0.324 e. The van der Waals surface area contributed by atoms with Crippen molar-refractivity contribution in [2.24, 2.45) is 0 Å². The number of anilines is 2. The molecule has 0 unspecified atom stereocenters. The van der Waals surface area contributed by atoms with Gasteiger partial charge >= 0.3 is 6.03 Å². The van der Waals surface area contributed by atoms with Gasteiger partial charge in [-0.1, -0.05) is 29.3 Å². The third-order valence-corrected chi connectivity index (χ3v) is 2.60. The maximum Gasteiger partial charge on any atom is 0.324 e. The molecule has 1 aromatic heterocycles. The van der Waals surface area contributed by atoms with Crippen molar-refractivity contribution < 1.29 is 4.79 Å². The smallest absolute Gasteiger partial charge is 0.308 e. The van der Waals surface area contributed by atoms with Crippen molar-refractivity contribution in [1.29, 1.82) is 0 Å². The summed E-state index contributed by atoms with van der Waals surface area (Å²) >= 11 is 5.89. The summed E-state index contributed by atoms with van der Waals surface area (Å²) in [5.41, 5.74) is 1.85. The molecule has 0 saturated carbocycles. The number of urea groups is 1. The molecular weight excluding hydrogens is 250 g/mol. The molecule has 18 heavy (non-hydrogen) atoms. The number of aryl methyl sites for hydroxylation is 1. The van der Waals surface area contributed by atoms with E-state index in [1.807, 2.05) is 31.2 Å². The number of aromatic nitrogens is 1. The highest BCUT2D eigenvalue weighted by molar-refractivity contribution is 6.33. The first-order valence-electron chi connectivity index (χ1n) is 5.40. The molecule has 5 heteroatoms. The zero-order valence-electron chi connectivity index (χ0n) is 9.77. The molecule has 1 aromatic carbocycles. The SMILES string of the molecule is Cc1ccc(NC(=O)Nc2ncccc2Cl)cc1. The maximum atomic E-state index is 11.7. The number of carbonyl (C=O) groups excluding carboxylic acids is 1. The molecule has 0 aliphatic rings. The second-order valence-electron chi connectivity index (χ2n) is 3.78. The van der Waals surface area contributed by atoms with Gasteiger partial charge in [-0.2, -0.15) is 0 Å². The Kier molecular flexibility index (Phi) is 3.79. The predicted molar refractivity (Wildman–Crippen MR) is 73.1 cm³/mol. The summed E-state index contributed by atoms with van der Waals surface area (Å²) in [6, 6.07) is 10.5. The summed E-state index contributed by atoms with van der Waals surface area (Å²) in [5, 5.41) is 5.68. The molecule has 0 spiro atoms. The Labute approximate surface area is 110 Å². The molecule has 4 nitrogen and oxygen atoms in total. The van der Waals surface area contributed by atoms with Gasteiger partial charge in [0, 0.05) is 11.9 Å². The first-order chi connectivity index (χ1) is 8.65. The third-order valence-electron chi connectivity index (χ3n) is 2.30. The van der Waals surface area contributed by atoms with Gasteiger partial charge in [-0.25, -0.2) is 9.78 Å². The molecule has 0 saturated heterocycles. The lowest BCUT2D eigenvalue weighted by Gasteiger charge is -2.08. The van der Waals surface area contributed by atoms with E-state index in [0.29, 0.717) is 16.5 Å². The fraction of sp³-hybridized carbons (Fsp3) is 0.0769. The Morgan fingerprint density at radius 1 is 1.17 bits per heavy atom. The third kappa shape index (κ3) is 3.21. The highest BCUT2D eigenvalue weighted by atomic mass is 35.5. The van der Waals surface area contributed by atoms with E-state index in [1.165, 1.54) is 0 Å². The van der Waals surface area contributed by atoms with E-state index < -0.39 is 0 Å². The molecule has 0 bridgehead atoms. The number of halogens is 1. The number of benzene rings is 1. The highest BCUT2D eigenvalue weighted by Gasteiger charge is 2.06. The van der Waals surface area contributed by atoms with E-state index in [4.69, 9.17) is 11.6 Å². The molecule has 0 aliphatic heterocycles. The quantitative estimate of drug-likeness (QED) is 0.866. The minimum Gasteiger partial charge on any atom is -0.308 e. The van der Waals surface area contributed by atoms with Crippen LogP contribution in [0.15, 0.2) is 42.6 Å². The predicted octanol–water partition coefficient (Wildman–Crippen LogP) is 3.69. The average molecular weight is 262 g/mol. The fourth-order valence-corrected chi connectivity index (χ4v) is 1.55. The number of nitrogens with zero attached hydrogens (tertiary/aromatic N) is 1. The molecule has 2 N–H and O–H groups in total. The van der Waals surface area contributed by atoms with E-state index in [-0.39, 0.29) is 6.03 Å². The van der Waals surface area contributed by atoms with Gasteiger partial charge in [0.1, 0.15) is 0 Å². The standard InChI is InChI=1S/C13H12ClN3O/c1-9-4-6-10(7-5-9)16-13(18)17-12-11(14)3-2-8-15-12/h2-8H,1H3,(H2,15,16,17,18). The number of carbonyl (C=O) groups is 1. The highest BCUT2D eigenvalue weighted by Crippen LogP contribution is 2.17. The summed E-state index contributed by atoms with van der Waals surface area (Å²) in [7, 11) is 0. The van der Waals surface area contributed by atoms with Crippen LogP contribution in [0.4, 0.5) is 16.3 Å². The number of pyridine rings is 1. The van der Waals surface area contributed by atoms with Crippen LogP contribution in [0.5, 0.6) is 0 Å². The first kappa shape index (κ1) is 12.4. The van der Waals surface area contributed by atoms with Gasteiger partial charge in [0.15, 0.2) is 5.82 Å². The molecule has 0 atom stereocenters. The summed E-state index contributed by atoms with van der Waals surface area (Å²) in [6.45, 7) is 1.98. The van der Waals surface area contributed by atoms with Crippen LogP contribution in [0.2, 0.25) is 5.02 Å². The second-order valence-corrected chi connectivity index (χ2v) is 4.19. The van der Waals surface area contributed by atoms with Crippen molar-refractivity contribution in [1.82, 2.24) is 4.98 Å². The average Bonchev–Trinajstić information content (AvgIpc) is 2.35. The summed E-state index contributed by atoms with van der Waals surface area (Å²) < 4.78 is 0. The van der Waals surface area contributed by atoms with Crippen molar-refractivity contribution in [3.63, 3.8) is 0 Å². The molecule has 0 radical (unpaired) electrons. The number of hydrogen-bond acceptors (Lipinski definition) is 2. The maximum absolute atomic E-state index is 11.7. The Morgan fingerprint density at radius 2 is 1.89 bits per heavy atom. The van der Waals surface area contributed by atoms with Crippen molar-refractivity contribution >= 4 is 29.1 Å². The zero-order chi connectivity index (χ0) is 13.0. The monoisotopic (exact) mass is 261 g/mol. The topological polar surface area (TPSA) is 54.0 Å². The van der Waals surface area contributed by atoms with Gasteiger partial charge in [-0.3, -0.25) is 5.32 Å². The number of nitrogens with one attached hydrogen (secondary N) is 2. The van der Waals surface area contributed by atoms with Crippen LogP contribution < -0.4 is 10.6 Å². The van der Waals surface area contributed by atoms with Gasteiger partial charge in [-0.15, -0.1) is 0 Å². The minimum atomic E-state index is -0.376. The molecule has 2 rings (SSSR count). The van der Waals surface area contributed by atoms with Crippen molar-refractivity contribution in [3.05, 3.63) is 53.2 Å². The molecule has 92 valence electrons. The molecule has 2 aromatic rings. The van der Waals surface area contributed by atoms with Crippen LogP contribution in [0.25, 0.3) is 0 Å². The number of hydrogen-bond donors (Lipinski definition) is 2. The zero-order valence-corrected chi connectivity index (χ0v) is 10.5. The molecule has 1 heterocycles. The summed E-state index contributed by atoms with van der Waals surface area (Å²) in [4.78, 5) is 15.7. The van der Waals surface area contributed by atoms with Crippen LogP contribution in [0.3, 0.4) is 0 Å². The minimum absolute atomic E-state index is 0.337. The Balaban J connectivity index is 2.01.